The molecule has 1 atom stereocenters. The molecule has 0 aliphatic carbocycles. The zero-order valence-corrected chi connectivity index (χ0v) is 12.3. The van der Waals surface area contributed by atoms with Crippen LogP contribution in [0.4, 0.5) is 0 Å². The maximum absolute atomic E-state index is 11.8. The van der Waals surface area contributed by atoms with Crippen LogP contribution in [0, 0.1) is 4.77 Å². The summed E-state index contributed by atoms with van der Waals surface area (Å²) in [5, 5.41) is 0. The van der Waals surface area contributed by atoms with Crippen LogP contribution in [0.1, 0.15) is 19.9 Å². The highest BCUT2D eigenvalue weighted by Gasteiger charge is 2.20. The Bertz CT molecular complexity index is 649. The van der Waals surface area contributed by atoms with Crippen molar-refractivity contribution in [1.82, 2.24) is 14.5 Å². The molecule has 1 N–H and O–H groups in total. The van der Waals surface area contributed by atoms with Gasteiger partial charge in [-0.25, -0.2) is 9.78 Å². The molecule has 2 rings (SSSR count). The van der Waals surface area contributed by atoms with Crippen LogP contribution in [0.15, 0.2) is 16.7 Å². The molecule has 0 radical (unpaired) electrons. The summed E-state index contributed by atoms with van der Waals surface area (Å²) in [6.45, 7) is 3.86. The number of rotatable bonds is 3. The molecule has 0 aliphatic rings. The molecule has 96 valence electrons. The van der Waals surface area contributed by atoms with Gasteiger partial charge in [-0.3, -0.25) is 4.57 Å². The first kappa shape index (κ1) is 13.2. The number of esters is 1. The number of hydrogen-bond donors (Lipinski definition) is 1. The van der Waals surface area contributed by atoms with Gasteiger partial charge in [0.05, 0.1) is 12.1 Å². The van der Waals surface area contributed by atoms with Gasteiger partial charge in [-0.15, -0.1) is 0 Å². The monoisotopic (exact) mass is 329 g/mol. The standard InChI is InChI=1S/C11H12BrN3O2S/c1-3-17-10(16)6(2)15-9-8(14-11(15)18)4-7(12)5-13-9/h4-6H,3H2,1-2H3,(H,14,18). The SMILES string of the molecule is CCOC(=O)C(C)n1c(=S)[nH]c2cc(Br)cnc21. The highest BCUT2D eigenvalue weighted by molar-refractivity contribution is 9.10. The van der Waals surface area contributed by atoms with Gasteiger partial charge in [0.15, 0.2) is 10.4 Å². The number of aromatic nitrogens is 3. The highest BCUT2D eigenvalue weighted by Crippen LogP contribution is 2.21. The van der Waals surface area contributed by atoms with Gasteiger partial charge in [-0.1, -0.05) is 0 Å². The van der Waals surface area contributed by atoms with Crippen molar-refractivity contribution in [3.8, 4) is 0 Å². The summed E-state index contributed by atoms with van der Waals surface area (Å²) < 4.78 is 7.96. The van der Waals surface area contributed by atoms with Crippen molar-refractivity contribution in [2.75, 3.05) is 6.61 Å². The summed E-state index contributed by atoms with van der Waals surface area (Å²) in [6, 6.07) is 1.37. The second-order valence-electron chi connectivity index (χ2n) is 3.75. The number of hydrogen-bond acceptors (Lipinski definition) is 4. The van der Waals surface area contributed by atoms with Crippen LogP contribution >= 0.6 is 28.1 Å². The van der Waals surface area contributed by atoms with E-state index in [1.165, 1.54) is 0 Å². The third-order valence-electron chi connectivity index (χ3n) is 2.54. The fraction of sp³-hybridized carbons (Fsp3) is 0.364. The summed E-state index contributed by atoms with van der Waals surface area (Å²) in [6.07, 6.45) is 1.67. The average molecular weight is 330 g/mol. The number of nitrogens with one attached hydrogen (secondary N) is 1. The van der Waals surface area contributed by atoms with Gasteiger partial charge in [0, 0.05) is 10.7 Å². The second-order valence-corrected chi connectivity index (χ2v) is 5.06. The Kier molecular flexibility index (Phi) is 3.82. The lowest BCUT2D eigenvalue weighted by Gasteiger charge is -2.12. The van der Waals surface area contributed by atoms with Crippen molar-refractivity contribution in [2.24, 2.45) is 0 Å². The van der Waals surface area contributed by atoms with Gasteiger partial charge < -0.3 is 9.72 Å². The maximum atomic E-state index is 11.8. The topological polar surface area (TPSA) is 59.9 Å². The molecule has 0 saturated carbocycles. The van der Waals surface area contributed by atoms with E-state index in [4.69, 9.17) is 17.0 Å². The van der Waals surface area contributed by atoms with Crippen LogP contribution in [0.5, 0.6) is 0 Å². The lowest BCUT2D eigenvalue weighted by atomic mass is 10.3. The maximum Gasteiger partial charge on any atom is 0.328 e. The molecule has 0 fully saturated rings. The number of nitrogens with zero attached hydrogens (tertiary/aromatic N) is 2. The summed E-state index contributed by atoms with van der Waals surface area (Å²) in [4.78, 5) is 19.1. The average Bonchev–Trinajstić information content (AvgIpc) is 2.63. The first-order valence-electron chi connectivity index (χ1n) is 5.47. The number of aromatic amines is 1. The van der Waals surface area contributed by atoms with Gasteiger partial charge in [0.1, 0.15) is 6.04 Å². The minimum atomic E-state index is -0.500. The Morgan fingerprint density at radius 1 is 1.72 bits per heavy atom. The number of H-pyrrole nitrogens is 1. The Hall–Kier alpha value is -1.21. The fourth-order valence-electron chi connectivity index (χ4n) is 1.72. The minimum Gasteiger partial charge on any atom is -0.464 e. The van der Waals surface area contributed by atoms with E-state index in [1.807, 2.05) is 6.07 Å². The molecule has 7 heteroatoms. The van der Waals surface area contributed by atoms with Gasteiger partial charge in [0.25, 0.3) is 0 Å². The lowest BCUT2D eigenvalue weighted by Crippen LogP contribution is -2.19. The predicted octanol–water partition coefficient (Wildman–Crippen LogP) is 2.98. The van der Waals surface area contributed by atoms with Crippen LogP contribution in [0.25, 0.3) is 11.2 Å². The molecule has 0 amide bonds. The van der Waals surface area contributed by atoms with E-state index >= 15 is 0 Å². The van der Waals surface area contributed by atoms with Gasteiger partial charge in [-0.2, -0.15) is 0 Å². The number of imidazole rings is 1. The van der Waals surface area contributed by atoms with E-state index < -0.39 is 6.04 Å². The van der Waals surface area contributed by atoms with Crippen molar-refractivity contribution in [1.29, 1.82) is 0 Å². The van der Waals surface area contributed by atoms with Crippen LogP contribution < -0.4 is 0 Å². The number of carbonyl (C=O) groups is 1. The molecule has 2 heterocycles. The molecule has 0 aliphatic heterocycles. The third kappa shape index (κ3) is 2.32. The number of pyridine rings is 1. The Balaban J connectivity index is 2.54. The van der Waals surface area contributed by atoms with Crippen molar-refractivity contribution < 1.29 is 9.53 Å². The quantitative estimate of drug-likeness (QED) is 0.694. The van der Waals surface area contributed by atoms with E-state index in [0.29, 0.717) is 17.0 Å². The van der Waals surface area contributed by atoms with Crippen molar-refractivity contribution in [2.45, 2.75) is 19.9 Å². The van der Waals surface area contributed by atoms with Gasteiger partial charge in [-0.05, 0) is 48.1 Å². The van der Waals surface area contributed by atoms with Gasteiger partial charge >= 0.3 is 5.97 Å². The van der Waals surface area contributed by atoms with E-state index in [1.54, 1.807) is 24.6 Å². The van der Waals surface area contributed by atoms with Crippen molar-refractivity contribution in [3.63, 3.8) is 0 Å². The van der Waals surface area contributed by atoms with Gasteiger partial charge in [0.2, 0.25) is 0 Å². The summed E-state index contributed by atoms with van der Waals surface area (Å²) >= 11 is 8.56. The Labute approximate surface area is 117 Å². The predicted molar refractivity (Wildman–Crippen MR) is 74.0 cm³/mol. The molecule has 2 aromatic rings. The highest BCUT2D eigenvalue weighted by atomic mass is 79.9. The zero-order chi connectivity index (χ0) is 13.3. The Morgan fingerprint density at radius 2 is 2.44 bits per heavy atom. The smallest absolute Gasteiger partial charge is 0.328 e. The zero-order valence-electron chi connectivity index (χ0n) is 9.94. The molecule has 1 unspecified atom stereocenters. The van der Waals surface area contributed by atoms with Crippen LogP contribution in [0.2, 0.25) is 0 Å². The first-order chi connectivity index (χ1) is 8.54. The molecule has 0 saturated heterocycles. The normalized spacial score (nSPS) is 12.6. The number of ether oxygens (including phenoxy) is 1. The van der Waals surface area contributed by atoms with E-state index in [-0.39, 0.29) is 5.97 Å². The molecule has 0 aromatic carbocycles. The molecular weight excluding hydrogens is 318 g/mol. The molecule has 18 heavy (non-hydrogen) atoms. The first-order valence-corrected chi connectivity index (χ1v) is 6.67. The summed E-state index contributed by atoms with van der Waals surface area (Å²) in [5.74, 6) is -0.320. The minimum absolute atomic E-state index is 0.320. The second kappa shape index (κ2) is 5.19. The van der Waals surface area contributed by atoms with Crippen LogP contribution in [-0.2, 0) is 9.53 Å². The fourth-order valence-corrected chi connectivity index (χ4v) is 2.40. The summed E-state index contributed by atoms with van der Waals surface area (Å²) in [7, 11) is 0. The third-order valence-corrected chi connectivity index (χ3v) is 3.27. The van der Waals surface area contributed by atoms with Crippen LogP contribution in [0.3, 0.4) is 0 Å². The van der Waals surface area contributed by atoms with Crippen LogP contribution in [-0.4, -0.2) is 27.1 Å². The summed E-state index contributed by atoms with van der Waals surface area (Å²) in [5.41, 5.74) is 1.43. The number of fused-ring (bicyclic) bond motifs is 1. The van der Waals surface area contributed by atoms with Crippen molar-refractivity contribution >= 4 is 45.3 Å². The van der Waals surface area contributed by atoms with E-state index in [0.717, 1.165) is 9.99 Å². The van der Waals surface area contributed by atoms with E-state index in [9.17, 15) is 4.79 Å². The largest absolute Gasteiger partial charge is 0.464 e. The van der Waals surface area contributed by atoms with E-state index in [2.05, 4.69) is 25.9 Å². The molecule has 0 bridgehead atoms. The lowest BCUT2D eigenvalue weighted by molar-refractivity contribution is -0.146. The molecular formula is C11H12BrN3O2S. The molecule has 2 aromatic heterocycles. The molecule has 5 nitrogen and oxygen atoms in total. The van der Waals surface area contributed by atoms with Crippen molar-refractivity contribution in [3.05, 3.63) is 21.5 Å². The number of halogens is 1. The Morgan fingerprint density at radius 3 is 3.11 bits per heavy atom. The number of carbonyl (C=O) groups excluding carboxylic acids is 1. The molecule has 0 spiro atoms.